The first-order valence-electron chi connectivity index (χ1n) is 7.23. The SMILES string of the molecule is Cc1ccc(OC[C@H](C)NC(=S)Nc2cccc(C)n2)cc1. The summed E-state index contributed by atoms with van der Waals surface area (Å²) < 4.78 is 5.73. The number of aryl methyl sites for hydroxylation is 2. The lowest BCUT2D eigenvalue weighted by molar-refractivity contribution is 0.287. The Hall–Kier alpha value is -2.14. The van der Waals surface area contributed by atoms with Gasteiger partial charge in [-0.15, -0.1) is 0 Å². The molecule has 0 aliphatic carbocycles. The third-order valence-electron chi connectivity index (χ3n) is 3.03. The van der Waals surface area contributed by atoms with E-state index >= 15 is 0 Å². The molecule has 1 atom stereocenters. The summed E-state index contributed by atoms with van der Waals surface area (Å²) in [6.45, 7) is 6.55. The molecule has 116 valence electrons. The highest BCUT2D eigenvalue weighted by Gasteiger charge is 2.06. The molecule has 0 aliphatic rings. The van der Waals surface area contributed by atoms with E-state index in [0.29, 0.717) is 11.7 Å². The number of hydrogen-bond donors (Lipinski definition) is 2. The van der Waals surface area contributed by atoms with Crippen molar-refractivity contribution >= 4 is 23.1 Å². The third-order valence-corrected chi connectivity index (χ3v) is 3.25. The number of pyridine rings is 1. The second-order valence-corrected chi connectivity index (χ2v) is 5.70. The number of hydrogen-bond acceptors (Lipinski definition) is 3. The number of thiocarbonyl (C=S) groups is 1. The number of benzene rings is 1. The molecule has 2 N–H and O–H groups in total. The Kier molecular flexibility index (Phi) is 5.72. The van der Waals surface area contributed by atoms with E-state index < -0.39 is 0 Å². The van der Waals surface area contributed by atoms with Crippen LogP contribution in [0.15, 0.2) is 42.5 Å². The summed E-state index contributed by atoms with van der Waals surface area (Å²) in [5.41, 5.74) is 2.16. The molecule has 2 aromatic rings. The molecular weight excluding hydrogens is 294 g/mol. The molecular formula is C17H21N3OS. The zero-order valence-electron chi connectivity index (χ0n) is 13.1. The lowest BCUT2D eigenvalue weighted by Gasteiger charge is -2.17. The summed E-state index contributed by atoms with van der Waals surface area (Å²) in [6, 6.07) is 13.9. The van der Waals surface area contributed by atoms with Crippen molar-refractivity contribution in [1.29, 1.82) is 0 Å². The van der Waals surface area contributed by atoms with Crippen LogP contribution in [-0.4, -0.2) is 22.7 Å². The summed E-state index contributed by atoms with van der Waals surface area (Å²) in [5, 5.41) is 6.80. The van der Waals surface area contributed by atoms with E-state index in [1.54, 1.807) is 0 Å². The zero-order valence-corrected chi connectivity index (χ0v) is 13.9. The lowest BCUT2D eigenvalue weighted by atomic mass is 10.2. The molecule has 0 amide bonds. The van der Waals surface area contributed by atoms with Crippen molar-refractivity contribution in [3.63, 3.8) is 0 Å². The molecule has 0 spiro atoms. The first kappa shape index (κ1) is 16.2. The normalized spacial score (nSPS) is 11.6. The maximum absolute atomic E-state index is 5.73. The van der Waals surface area contributed by atoms with Crippen LogP contribution in [-0.2, 0) is 0 Å². The standard InChI is InChI=1S/C17H21N3OS/c1-12-7-9-15(10-8-12)21-11-14(3)19-17(22)20-16-6-4-5-13(2)18-16/h4-10,14H,11H2,1-3H3,(H2,18,19,20,22)/t14-/m0/s1. The number of aromatic nitrogens is 1. The van der Waals surface area contributed by atoms with E-state index in [0.717, 1.165) is 17.3 Å². The molecule has 22 heavy (non-hydrogen) atoms. The number of anilines is 1. The van der Waals surface area contributed by atoms with Crippen molar-refractivity contribution < 1.29 is 4.74 Å². The molecule has 2 rings (SSSR count). The fraction of sp³-hybridized carbons (Fsp3) is 0.294. The first-order chi connectivity index (χ1) is 10.5. The van der Waals surface area contributed by atoms with Gasteiger partial charge >= 0.3 is 0 Å². The third kappa shape index (κ3) is 5.33. The highest BCUT2D eigenvalue weighted by Crippen LogP contribution is 2.11. The summed E-state index contributed by atoms with van der Waals surface area (Å²) >= 11 is 5.29. The monoisotopic (exact) mass is 315 g/mol. The van der Waals surface area contributed by atoms with Crippen molar-refractivity contribution in [3.05, 3.63) is 53.7 Å². The van der Waals surface area contributed by atoms with Gasteiger partial charge in [0.2, 0.25) is 0 Å². The van der Waals surface area contributed by atoms with Gasteiger partial charge in [0.25, 0.3) is 0 Å². The Morgan fingerprint density at radius 2 is 1.91 bits per heavy atom. The quantitative estimate of drug-likeness (QED) is 0.828. The summed E-state index contributed by atoms with van der Waals surface area (Å²) in [5.74, 6) is 1.60. The Labute approximate surface area is 136 Å². The van der Waals surface area contributed by atoms with E-state index in [-0.39, 0.29) is 6.04 Å². The molecule has 1 aromatic carbocycles. The molecule has 0 fully saturated rings. The Balaban J connectivity index is 1.77. The van der Waals surface area contributed by atoms with Crippen molar-refractivity contribution in [1.82, 2.24) is 10.3 Å². The zero-order chi connectivity index (χ0) is 15.9. The predicted octanol–water partition coefficient (Wildman–Crippen LogP) is 3.45. The van der Waals surface area contributed by atoms with Crippen molar-refractivity contribution in [3.8, 4) is 5.75 Å². The average Bonchev–Trinajstić information content (AvgIpc) is 2.46. The van der Waals surface area contributed by atoms with Gasteiger partial charge < -0.3 is 15.4 Å². The molecule has 0 unspecified atom stereocenters. The molecule has 0 aliphatic heterocycles. The van der Waals surface area contributed by atoms with Crippen LogP contribution in [0.4, 0.5) is 5.82 Å². The molecule has 1 aromatic heterocycles. The Morgan fingerprint density at radius 3 is 2.59 bits per heavy atom. The van der Waals surface area contributed by atoms with Gasteiger partial charge in [-0.2, -0.15) is 0 Å². The molecule has 4 nitrogen and oxygen atoms in total. The van der Waals surface area contributed by atoms with Crippen molar-refractivity contribution in [2.45, 2.75) is 26.8 Å². The molecule has 0 bridgehead atoms. The van der Waals surface area contributed by atoms with Gasteiger partial charge in [-0.25, -0.2) is 4.98 Å². The highest BCUT2D eigenvalue weighted by atomic mass is 32.1. The lowest BCUT2D eigenvalue weighted by Crippen LogP contribution is -2.39. The summed E-state index contributed by atoms with van der Waals surface area (Å²) in [6.07, 6.45) is 0. The van der Waals surface area contributed by atoms with Crippen LogP contribution in [0.3, 0.4) is 0 Å². The van der Waals surface area contributed by atoms with Gasteiger partial charge in [0.05, 0.1) is 6.04 Å². The minimum Gasteiger partial charge on any atom is -0.491 e. The van der Waals surface area contributed by atoms with Gasteiger partial charge in [-0.3, -0.25) is 0 Å². The second-order valence-electron chi connectivity index (χ2n) is 5.29. The van der Waals surface area contributed by atoms with Crippen LogP contribution in [0.25, 0.3) is 0 Å². The number of nitrogens with one attached hydrogen (secondary N) is 2. The van der Waals surface area contributed by atoms with Crippen LogP contribution in [0.1, 0.15) is 18.2 Å². The van der Waals surface area contributed by atoms with Crippen LogP contribution in [0, 0.1) is 13.8 Å². The van der Waals surface area contributed by atoms with Crippen molar-refractivity contribution in [2.75, 3.05) is 11.9 Å². The Bertz CT molecular complexity index is 628. The van der Waals surface area contributed by atoms with Gasteiger partial charge in [0.15, 0.2) is 5.11 Å². The predicted molar refractivity (Wildman–Crippen MR) is 94.5 cm³/mol. The molecule has 0 saturated carbocycles. The molecule has 5 heteroatoms. The van der Waals surface area contributed by atoms with Gasteiger partial charge in [-0.05, 0) is 57.3 Å². The van der Waals surface area contributed by atoms with Crippen LogP contribution in [0.5, 0.6) is 5.75 Å². The van der Waals surface area contributed by atoms with Gasteiger partial charge in [0.1, 0.15) is 18.2 Å². The summed E-state index contributed by atoms with van der Waals surface area (Å²) in [7, 11) is 0. The van der Waals surface area contributed by atoms with Crippen LogP contribution in [0.2, 0.25) is 0 Å². The van der Waals surface area contributed by atoms with Crippen LogP contribution >= 0.6 is 12.2 Å². The number of nitrogens with zero attached hydrogens (tertiary/aromatic N) is 1. The second kappa shape index (κ2) is 7.75. The van der Waals surface area contributed by atoms with E-state index in [2.05, 4.69) is 22.5 Å². The Morgan fingerprint density at radius 1 is 1.18 bits per heavy atom. The number of rotatable bonds is 5. The van der Waals surface area contributed by atoms with Gasteiger partial charge in [0, 0.05) is 5.69 Å². The van der Waals surface area contributed by atoms with Gasteiger partial charge in [-0.1, -0.05) is 23.8 Å². The fourth-order valence-corrected chi connectivity index (χ4v) is 2.19. The minimum absolute atomic E-state index is 0.0890. The summed E-state index contributed by atoms with van der Waals surface area (Å²) in [4.78, 5) is 4.35. The number of ether oxygens (including phenoxy) is 1. The maximum atomic E-state index is 5.73. The largest absolute Gasteiger partial charge is 0.491 e. The van der Waals surface area contributed by atoms with Crippen LogP contribution < -0.4 is 15.4 Å². The molecule has 0 radical (unpaired) electrons. The highest BCUT2D eigenvalue weighted by molar-refractivity contribution is 7.80. The van der Waals surface area contributed by atoms with E-state index in [1.807, 2.05) is 56.3 Å². The maximum Gasteiger partial charge on any atom is 0.172 e. The van der Waals surface area contributed by atoms with E-state index in [1.165, 1.54) is 5.56 Å². The average molecular weight is 315 g/mol. The van der Waals surface area contributed by atoms with E-state index in [4.69, 9.17) is 17.0 Å². The molecule has 1 heterocycles. The topological polar surface area (TPSA) is 46.2 Å². The van der Waals surface area contributed by atoms with Crippen molar-refractivity contribution in [2.24, 2.45) is 0 Å². The smallest absolute Gasteiger partial charge is 0.172 e. The first-order valence-corrected chi connectivity index (χ1v) is 7.64. The van der Waals surface area contributed by atoms with E-state index in [9.17, 15) is 0 Å². The fourth-order valence-electron chi connectivity index (χ4n) is 1.89. The minimum atomic E-state index is 0.0890. The molecule has 0 saturated heterocycles.